The van der Waals surface area contributed by atoms with Crippen LogP contribution in [-0.2, 0) is 16.2 Å². The Morgan fingerprint density at radius 3 is 2.52 bits per heavy atom. The zero-order valence-electron chi connectivity index (χ0n) is 15.8. The largest absolute Gasteiger partial charge is 0.473 e. The van der Waals surface area contributed by atoms with Crippen LogP contribution in [0.4, 0.5) is 15.1 Å². The van der Waals surface area contributed by atoms with Gasteiger partial charge in [-0.05, 0) is 0 Å². The Labute approximate surface area is 174 Å². The van der Waals surface area contributed by atoms with Crippen molar-refractivity contribution in [3.8, 4) is 11.1 Å². The zero-order valence-corrected chi connectivity index (χ0v) is 15.8. The number of benzene rings is 1. The van der Waals surface area contributed by atoms with Gasteiger partial charge in [0.1, 0.15) is 12.4 Å². The zero-order chi connectivity index (χ0) is 22.6. The third-order valence-corrected chi connectivity index (χ3v) is 3.93. The molecule has 0 spiro atoms. The van der Waals surface area contributed by atoms with E-state index in [1.165, 1.54) is 24.5 Å². The van der Waals surface area contributed by atoms with Gasteiger partial charge in [-0.15, -0.1) is 4.99 Å². The molecule has 1 fully saturated rings. The first-order chi connectivity index (χ1) is 14.6. The highest BCUT2D eigenvalue weighted by atomic mass is 19.1. The minimum Gasteiger partial charge on any atom is -0.443 e. The van der Waals surface area contributed by atoms with Crippen LogP contribution in [0.15, 0.2) is 40.7 Å². The van der Waals surface area contributed by atoms with Crippen molar-refractivity contribution in [1.29, 1.82) is 0 Å². The molecule has 13 nitrogen and oxygen atoms in total. The highest BCUT2D eigenvalue weighted by Crippen LogP contribution is 2.26. The lowest BCUT2D eigenvalue weighted by molar-refractivity contribution is -0.455. The summed E-state index contributed by atoms with van der Waals surface area (Å²) in [5.74, 6) is -0.756. The summed E-state index contributed by atoms with van der Waals surface area (Å²) in [4.78, 5) is 28.6. The van der Waals surface area contributed by atoms with Crippen LogP contribution in [0, 0.1) is 5.82 Å². The van der Waals surface area contributed by atoms with Gasteiger partial charge in [-0.25, -0.2) is 19.2 Å². The van der Waals surface area contributed by atoms with Crippen LogP contribution in [0.2, 0.25) is 0 Å². The molecular weight excluding hydrogens is 417 g/mol. The number of amides is 1. The molecular formula is C17H18FN7O6. The normalized spacial score (nSPS) is 13.3. The van der Waals surface area contributed by atoms with Crippen LogP contribution >= 0.6 is 0 Å². The van der Waals surface area contributed by atoms with E-state index in [2.05, 4.69) is 25.0 Å². The minimum absolute atomic E-state index is 0.108. The number of hydrogen-bond donors (Lipinski definition) is 5. The number of nitrogens with zero attached hydrogens (tertiary/aromatic N) is 5. The van der Waals surface area contributed by atoms with Crippen LogP contribution in [0.1, 0.15) is 5.56 Å². The van der Waals surface area contributed by atoms with Gasteiger partial charge in [0.2, 0.25) is 5.95 Å². The fourth-order valence-corrected chi connectivity index (χ4v) is 2.53. The van der Waals surface area contributed by atoms with E-state index in [0.29, 0.717) is 17.2 Å². The molecule has 2 aromatic rings. The summed E-state index contributed by atoms with van der Waals surface area (Å²) in [6, 6.07) is 4.54. The molecule has 0 aliphatic carbocycles. The highest BCUT2D eigenvalue weighted by molar-refractivity contribution is 5.98. The van der Waals surface area contributed by atoms with Gasteiger partial charge in [-0.2, -0.15) is 0 Å². The number of anilines is 1. The number of oxime groups is 1. The van der Waals surface area contributed by atoms with E-state index in [4.69, 9.17) is 31.5 Å². The van der Waals surface area contributed by atoms with Crippen molar-refractivity contribution in [3.05, 3.63) is 42.0 Å². The number of halogens is 1. The lowest BCUT2D eigenvalue weighted by Crippen LogP contribution is -2.49. The van der Waals surface area contributed by atoms with Crippen molar-refractivity contribution in [3.63, 3.8) is 0 Å². The quantitative estimate of drug-likeness (QED) is 0.161. The van der Waals surface area contributed by atoms with Crippen molar-refractivity contribution in [2.45, 2.75) is 12.8 Å². The number of hydrogen-bond acceptors (Lipinski definition) is 10. The van der Waals surface area contributed by atoms with Gasteiger partial charge in [0.25, 0.3) is 0 Å². The van der Waals surface area contributed by atoms with E-state index in [0.717, 1.165) is 0 Å². The Hall–Kier alpha value is -3.88. The molecule has 1 aliphatic rings. The van der Waals surface area contributed by atoms with E-state index < -0.39 is 24.0 Å². The second-order valence-electron chi connectivity index (χ2n) is 6.32. The molecule has 0 saturated carbocycles. The van der Waals surface area contributed by atoms with Gasteiger partial charge < -0.3 is 41.3 Å². The van der Waals surface area contributed by atoms with Gasteiger partial charge in [0.05, 0.1) is 18.8 Å². The predicted octanol–water partition coefficient (Wildman–Crippen LogP) is -1.03. The van der Waals surface area contributed by atoms with Crippen molar-refractivity contribution in [2.75, 3.05) is 18.0 Å². The van der Waals surface area contributed by atoms with Crippen LogP contribution in [0.5, 0.6) is 0 Å². The van der Waals surface area contributed by atoms with Crippen molar-refractivity contribution >= 4 is 23.7 Å². The number of carbonyl (C=O) groups is 1. The van der Waals surface area contributed by atoms with Gasteiger partial charge in [0.15, 0.2) is 5.96 Å². The molecule has 14 heteroatoms. The van der Waals surface area contributed by atoms with E-state index >= 15 is 0 Å². The lowest BCUT2D eigenvalue weighted by atomic mass is 10.1. The summed E-state index contributed by atoms with van der Waals surface area (Å²) in [6.45, 7) is 0.101. The predicted molar refractivity (Wildman–Crippen MR) is 104 cm³/mol. The first kappa shape index (κ1) is 21.8. The number of aliphatic hydroxyl groups is 3. The topological polar surface area (TPSA) is 202 Å². The maximum Gasteiger partial charge on any atom is 0.473 e. The molecule has 0 unspecified atom stereocenters. The van der Waals surface area contributed by atoms with Crippen LogP contribution in [0.25, 0.3) is 11.1 Å². The van der Waals surface area contributed by atoms with Gasteiger partial charge in [-0.1, -0.05) is 23.4 Å². The molecule has 0 radical (unpaired) electrons. The fraction of sp³-hybridized carbons (Fsp3) is 0.235. The molecule has 0 bridgehead atoms. The van der Waals surface area contributed by atoms with E-state index in [-0.39, 0.29) is 30.8 Å². The average molecular weight is 435 g/mol. The maximum absolute atomic E-state index is 14.8. The summed E-state index contributed by atoms with van der Waals surface area (Å²) >= 11 is 0. The molecule has 0 atom stereocenters. The highest BCUT2D eigenvalue weighted by Gasteiger charge is 2.27. The molecule has 1 aromatic carbocycles. The third kappa shape index (κ3) is 5.81. The molecule has 1 aliphatic heterocycles. The summed E-state index contributed by atoms with van der Waals surface area (Å²) in [5, 5.41) is 29.2. The van der Waals surface area contributed by atoms with Crippen molar-refractivity contribution in [1.82, 2.24) is 9.97 Å². The minimum atomic E-state index is -3.34. The Kier molecular flexibility index (Phi) is 6.24. The third-order valence-electron chi connectivity index (χ3n) is 3.93. The Morgan fingerprint density at radius 2 is 1.90 bits per heavy atom. The summed E-state index contributed by atoms with van der Waals surface area (Å²) in [7, 11) is 0. The van der Waals surface area contributed by atoms with Crippen molar-refractivity contribution in [2.24, 2.45) is 21.6 Å². The monoisotopic (exact) mass is 435 g/mol. The van der Waals surface area contributed by atoms with Crippen LogP contribution in [-0.4, -0.2) is 62.3 Å². The number of guanidine groups is 1. The first-order valence-corrected chi connectivity index (χ1v) is 8.64. The second kappa shape index (κ2) is 8.86. The number of aliphatic imine (C=N–C) groups is 1. The Morgan fingerprint density at radius 1 is 1.23 bits per heavy atom. The molecule has 3 rings (SSSR count). The molecule has 7 N–H and O–H groups in total. The number of carbonyl (C=O) groups excluding carboxylic acids is 1. The Bertz CT molecular complexity index is 1010. The summed E-state index contributed by atoms with van der Waals surface area (Å²) in [6.07, 6.45) is -1.54. The standard InChI is InChI=1S/C17H18FN7O6/c18-13-9(8-30-16(26)23-14(19)20)2-1-3-12(13)10-4-21-15(22-5-10)25-6-11(7-25)24-31-17(27,28)29/h1-5,27-29H,6-8H2,(H4,19,20,23,26). The number of rotatable bonds is 6. The van der Waals surface area contributed by atoms with Gasteiger partial charge >= 0.3 is 12.3 Å². The van der Waals surface area contributed by atoms with Crippen molar-refractivity contribution < 1.29 is 34.1 Å². The summed E-state index contributed by atoms with van der Waals surface area (Å²) in [5.41, 5.74) is 11.3. The smallest absolute Gasteiger partial charge is 0.443 e. The van der Waals surface area contributed by atoms with Crippen LogP contribution in [0.3, 0.4) is 0 Å². The maximum atomic E-state index is 14.8. The second-order valence-corrected chi connectivity index (χ2v) is 6.32. The Balaban J connectivity index is 1.65. The van der Waals surface area contributed by atoms with Gasteiger partial charge in [-0.3, -0.25) is 0 Å². The molecule has 2 heterocycles. The molecule has 1 amide bonds. The number of ether oxygens (including phenoxy) is 1. The summed E-state index contributed by atoms with van der Waals surface area (Å²) < 4.78 is 19.6. The molecule has 1 aromatic heterocycles. The number of aromatic nitrogens is 2. The average Bonchev–Trinajstić information content (AvgIpc) is 2.65. The molecule has 164 valence electrons. The van der Waals surface area contributed by atoms with Crippen LogP contribution < -0.4 is 16.4 Å². The first-order valence-electron chi connectivity index (χ1n) is 8.64. The molecule has 1 saturated heterocycles. The number of nitrogens with two attached hydrogens (primary N) is 2. The van der Waals surface area contributed by atoms with E-state index in [9.17, 15) is 9.18 Å². The SMILES string of the molecule is NC(N)=NC(=O)OCc1cccc(-c2cnc(N3CC(=NOC(O)(O)O)C3)nc2)c1F. The fourth-order valence-electron chi connectivity index (χ4n) is 2.53. The van der Waals surface area contributed by atoms with Gasteiger partial charge in [0, 0.05) is 29.1 Å². The lowest BCUT2D eigenvalue weighted by Gasteiger charge is -2.32. The van der Waals surface area contributed by atoms with E-state index in [1.54, 1.807) is 11.0 Å². The van der Waals surface area contributed by atoms with E-state index in [1.807, 2.05) is 0 Å². The molecule has 31 heavy (non-hydrogen) atoms.